The molecule has 1 amide bonds. The minimum Gasteiger partial charge on any atom is -0.349 e. The molecule has 1 saturated carbocycles. The number of aromatic amines is 1. The fourth-order valence-corrected chi connectivity index (χ4v) is 5.22. The molecule has 1 aliphatic carbocycles. The highest BCUT2D eigenvalue weighted by Crippen LogP contribution is 2.26. The molecule has 0 radical (unpaired) electrons. The third-order valence-electron chi connectivity index (χ3n) is 7.17. The Morgan fingerprint density at radius 2 is 1.84 bits per heavy atom. The third-order valence-corrected chi connectivity index (χ3v) is 7.17. The Morgan fingerprint density at radius 3 is 2.62 bits per heavy atom. The zero-order valence-electron chi connectivity index (χ0n) is 18.6. The number of amides is 1. The van der Waals surface area contributed by atoms with Crippen LogP contribution in [0.5, 0.6) is 0 Å². The number of fused-ring (bicyclic) bond motifs is 1. The first-order valence-electron chi connectivity index (χ1n) is 11.8. The fraction of sp³-hybridized carbons (Fsp3) is 0.480. The molecule has 1 aromatic carbocycles. The molecule has 7 heteroatoms. The first kappa shape index (κ1) is 20.9. The van der Waals surface area contributed by atoms with Crippen molar-refractivity contribution in [3.05, 3.63) is 52.6 Å². The lowest BCUT2D eigenvalue weighted by Gasteiger charge is -2.39. The molecule has 1 aliphatic heterocycles. The van der Waals surface area contributed by atoms with Crippen LogP contribution in [0.2, 0.25) is 0 Å². The van der Waals surface area contributed by atoms with Gasteiger partial charge in [-0.1, -0.05) is 31.4 Å². The number of likely N-dealkylation sites (tertiary alicyclic amines) is 1. The number of carbonyl (C=O) groups excluding carboxylic acids is 1. The third kappa shape index (κ3) is 4.21. The van der Waals surface area contributed by atoms with Crippen LogP contribution in [-0.4, -0.2) is 50.5 Å². The molecule has 0 spiro atoms. The van der Waals surface area contributed by atoms with E-state index in [0.717, 1.165) is 48.6 Å². The molecular formula is C25H31N5O2. The van der Waals surface area contributed by atoms with E-state index < -0.39 is 0 Å². The van der Waals surface area contributed by atoms with Gasteiger partial charge < -0.3 is 10.2 Å². The Kier molecular flexibility index (Phi) is 5.83. The van der Waals surface area contributed by atoms with Gasteiger partial charge in [0.2, 0.25) is 0 Å². The highest BCUT2D eigenvalue weighted by atomic mass is 16.2. The number of carbonyl (C=O) groups is 1. The first-order chi connectivity index (χ1) is 15.6. The second-order valence-electron chi connectivity index (χ2n) is 9.24. The number of piperidine rings is 1. The van der Waals surface area contributed by atoms with Crippen LogP contribution in [0.1, 0.15) is 55.3 Å². The van der Waals surface area contributed by atoms with E-state index in [2.05, 4.69) is 20.2 Å². The molecule has 0 atom stereocenters. The second kappa shape index (κ2) is 8.90. The number of benzene rings is 1. The predicted octanol–water partition coefficient (Wildman–Crippen LogP) is 3.46. The molecule has 32 heavy (non-hydrogen) atoms. The Balaban J connectivity index is 1.25. The Labute approximate surface area is 187 Å². The maximum absolute atomic E-state index is 13.0. The number of rotatable bonds is 4. The standard InChI is InChI=1S/C25H31N5O2/c1-29-22-15-19(16-26-23(22)28-25(29)32)17-6-5-7-18(14-17)24(31)27-20-10-12-30(13-11-20)21-8-3-2-4-9-21/h5-7,14-16,20-21H,2-4,8-13H2,1H3,(H,27,31)(H,26,28,32). The second-order valence-corrected chi connectivity index (χ2v) is 9.24. The number of hydrogen-bond donors (Lipinski definition) is 2. The van der Waals surface area contributed by atoms with Crippen molar-refractivity contribution in [1.82, 2.24) is 24.8 Å². The summed E-state index contributed by atoms with van der Waals surface area (Å²) >= 11 is 0. The fourth-order valence-electron chi connectivity index (χ4n) is 5.22. The van der Waals surface area contributed by atoms with E-state index in [0.29, 0.717) is 11.2 Å². The minimum atomic E-state index is -0.188. The molecule has 2 aromatic heterocycles. The van der Waals surface area contributed by atoms with E-state index in [4.69, 9.17) is 0 Å². The number of pyridine rings is 1. The lowest BCUT2D eigenvalue weighted by molar-refractivity contribution is 0.0865. The Bertz CT molecular complexity index is 1170. The number of H-pyrrole nitrogens is 1. The summed E-state index contributed by atoms with van der Waals surface area (Å²) in [6, 6.07) is 10.5. The van der Waals surface area contributed by atoms with Crippen LogP contribution in [0.25, 0.3) is 22.3 Å². The van der Waals surface area contributed by atoms with Gasteiger partial charge in [0.1, 0.15) is 0 Å². The van der Waals surface area contributed by atoms with Gasteiger partial charge in [-0.05, 0) is 49.4 Å². The lowest BCUT2D eigenvalue weighted by Crippen LogP contribution is -2.48. The molecule has 0 bridgehead atoms. The van der Waals surface area contributed by atoms with E-state index in [1.165, 1.54) is 32.1 Å². The van der Waals surface area contributed by atoms with Gasteiger partial charge in [0.15, 0.2) is 5.65 Å². The Hall–Kier alpha value is -2.93. The van der Waals surface area contributed by atoms with Crippen LogP contribution in [0.3, 0.4) is 0 Å². The summed E-state index contributed by atoms with van der Waals surface area (Å²) in [7, 11) is 1.72. The van der Waals surface area contributed by atoms with E-state index >= 15 is 0 Å². The van der Waals surface area contributed by atoms with Gasteiger partial charge in [0.25, 0.3) is 5.91 Å². The molecule has 3 heterocycles. The van der Waals surface area contributed by atoms with Crippen LogP contribution in [0, 0.1) is 0 Å². The highest BCUT2D eigenvalue weighted by Gasteiger charge is 2.27. The number of hydrogen-bond acceptors (Lipinski definition) is 4. The molecule has 3 aromatic rings. The van der Waals surface area contributed by atoms with Crippen LogP contribution in [0.15, 0.2) is 41.3 Å². The van der Waals surface area contributed by atoms with Crippen LogP contribution < -0.4 is 11.0 Å². The van der Waals surface area contributed by atoms with Gasteiger partial charge in [-0.2, -0.15) is 0 Å². The number of imidazole rings is 1. The van der Waals surface area contributed by atoms with Gasteiger partial charge in [0, 0.05) is 49.5 Å². The topological polar surface area (TPSA) is 83.0 Å². The summed E-state index contributed by atoms with van der Waals surface area (Å²) in [5.41, 5.74) is 3.56. The average Bonchev–Trinajstić information content (AvgIpc) is 3.13. The molecule has 0 unspecified atom stereocenters. The van der Waals surface area contributed by atoms with Crippen molar-refractivity contribution in [1.29, 1.82) is 0 Å². The summed E-state index contributed by atoms with van der Waals surface area (Å²) < 4.78 is 1.54. The number of nitrogens with zero attached hydrogens (tertiary/aromatic N) is 3. The number of nitrogens with one attached hydrogen (secondary N) is 2. The van der Waals surface area contributed by atoms with Crippen molar-refractivity contribution in [3.63, 3.8) is 0 Å². The molecule has 2 aliphatic rings. The van der Waals surface area contributed by atoms with Crippen LogP contribution in [-0.2, 0) is 7.05 Å². The zero-order valence-corrected chi connectivity index (χ0v) is 18.6. The summed E-state index contributed by atoms with van der Waals surface area (Å²) in [5.74, 6) is -0.0222. The van der Waals surface area contributed by atoms with Crippen LogP contribution in [0.4, 0.5) is 0 Å². The van der Waals surface area contributed by atoms with Gasteiger partial charge in [-0.25, -0.2) is 9.78 Å². The first-order valence-corrected chi connectivity index (χ1v) is 11.8. The molecule has 168 valence electrons. The predicted molar refractivity (Wildman–Crippen MR) is 126 cm³/mol. The van der Waals surface area contributed by atoms with Gasteiger partial charge in [-0.15, -0.1) is 0 Å². The van der Waals surface area contributed by atoms with Gasteiger partial charge in [0.05, 0.1) is 5.52 Å². The number of aromatic nitrogens is 3. The van der Waals surface area contributed by atoms with Crippen LogP contribution >= 0.6 is 0 Å². The smallest absolute Gasteiger partial charge is 0.327 e. The lowest BCUT2D eigenvalue weighted by atomic mass is 9.92. The number of aryl methyl sites for hydroxylation is 1. The normalized spacial score (nSPS) is 18.8. The average molecular weight is 434 g/mol. The van der Waals surface area contributed by atoms with E-state index in [1.807, 2.05) is 30.3 Å². The maximum atomic E-state index is 13.0. The van der Waals surface area contributed by atoms with Crippen molar-refractivity contribution < 1.29 is 4.79 Å². The largest absolute Gasteiger partial charge is 0.349 e. The van der Waals surface area contributed by atoms with E-state index in [1.54, 1.807) is 17.8 Å². The minimum absolute atomic E-state index is 0.0222. The molecule has 2 fully saturated rings. The van der Waals surface area contributed by atoms with Gasteiger partial charge >= 0.3 is 5.69 Å². The van der Waals surface area contributed by atoms with Crippen molar-refractivity contribution in [2.24, 2.45) is 7.05 Å². The summed E-state index contributed by atoms with van der Waals surface area (Å²) in [6.07, 6.45) is 10.5. The maximum Gasteiger partial charge on any atom is 0.327 e. The summed E-state index contributed by atoms with van der Waals surface area (Å²) in [5, 5.41) is 3.25. The van der Waals surface area contributed by atoms with Crippen molar-refractivity contribution in [3.8, 4) is 11.1 Å². The Morgan fingerprint density at radius 1 is 1.06 bits per heavy atom. The SMILES string of the molecule is Cn1c(=O)[nH]c2ncc(-c3cccc(C(=O)NC4CCN(C5CCCCC5)CC4)c3)cc21. The highest BCUT2D eigenvalue weighted by molar-refractivity contribution is 5.95. The summed E-state index contributed by atoms with van der Waals surface area (Å²) in [4.78, 5) is 34.5. The molecule has 2 N–H and O–H groups in total. The van der Waals surface area contributed by atoms with E-state index in [9.17, 15) is 9.59 Å². The van der Waals surface area contributed by atoms with Crippen molar-refractivity contribution >= 4 is 17.1 Å². The van der Waals surface area contributed by atoms with E-state index in [-0.39, 0.29) is 17.6 Å². The quantitative estimate of drug-likeness (QED) is 0.660. The molecule has 7 nitrogen and oxygen atoms in total. The molecular weight excluding hydrogens is 402 g/mol. The van der Waals surface area contributed by atoms with Gasteiger partial charge in [-0.3, -0.25) is 14.3 Å². The summed E-state index contributed by atoms with van der Waals surface area (Å²) in [6.45, 7) is 2.16. The molecule has 5 rings (SSSR count). The molecule has 1 saturated heterocycles. The zero-order chi connectivity index (χ0) is 22.1. The van der Waals surface area contributed by atoms with Crippen molar-refractivity contribution in [2.45, 2.75) is 57.0 Å². The van der Waals surface area contributed by atoms with Crippen molar-refractivity contribution in [2.75, 3.05) is 13.1 Å². The monoisotopic (exact) mass is 433 g/mol.